The van der Waals surface area contributed by atoms with Crippen molar-refractivity contribution in [2.24, 2.45) is 0 Å². The number of hydrogen-bond donors (Lipinski definition) is 4. The summed E-state index contributed by atoms with van der Waals surface area (Å²) in [6.07, 6.45) is 9.24. The molecule has 2 aliphatic rings. The number of hydrogen-bond acceptors (Lipinski definition) is 9. The minimum atomic E-state index is -2.15. The van der Waals surface area contributed by atoms with E-state index < -0.39 is 16.8 Å². The highest BCUT2D eigenvalue weighted by molar-refractivity contribution is 7.63. The molecule has 0 bridgehead atoms. The van der Waals surface area contributed by atoms with E-state index in [1.54, 1.807) is 17.2 Å². The second-order valence-corrected chi connectivity index (χ2v) is 9.96. The normalized spacial score (nSPS) is 24.4. The maximum Gasteiger partial charge on any atom is 0.177 e. The Labute approximate surface area is 165 Å². The van der Waals surface area contributed by atoms with Gasteiger partial charge in [-0.1, -0.05) is 12.8 Å². The molecule has 2 aromatic heterocycles. The minimum absolute atomic E-state index is 0.127. The maximum absolute atomic E-state index is 9.66. The highest BCUT2D eigenvalue weighted by Crippen LogP contribution is 2.44. The molecule has 3 unspecified atom stereocenters. The number of nitrogens with zero attached hydrogens (tertiary/aromatic N) is 4. The van der Waals surface area contributed by atoms with Gasteiger partial charge in [0.15, 0.2) is 28.6 Å². The molecule has 2 fully saturated rings. The van der Waals surface area contributed by atoms with Crippen LogP contribution >= 0.6 is 16.8 Å². The van der Waals surface area contributed by atoms with Gasteiger partial charge in [0.1, 0.15) is 12.1 Å². The number of nitrogens with one attached hydrogen (secondary N) is 1. The van der Waals surface area contributed by atoms with Crippen LogP contribution in [0, 0.1) is 0 Å². The second-order valence-electron chi connectivity index (χ2n) is 7.13. The van der Waals surface area contributed by atoms with Crippen molar-refractivity contribution in [3.63, 3.8) is 0 Å². The average molecular weight is 429 g/mol. The molecule has 10 nitrogen and oxygen atoms in total. The zero-order valence-electron chi connectivity index (χ0n) is 15.4. The van der Waals surface area contributed by atoms with Crippen molar-refractivity contribution in [1.82, 2.24) is 19.7 Å². The first kappa shape index (κ1) is 20.3. The predicted octanol–water partition coefficient (Wildman–Crippen LogP) is 2.43. The van der Waals surface area contributed by atoms with E-state index in [2.05, 4.69) is 20.4 Å². The minimum Gasteiger partial charge on any atom is -0.367 e. The van der Waals surface area contributed by atoms with E-state index in [9.17, 15) is 4.89 Å². The van der Waals surface area contributed by atoms with Gasteiger partial charge in [-0.15, -0.1) is 0 Å². The van der Waals surface area contributed by atoms with Crippen molar-refractivity contribution in [3.05, 3.63) is 12.5 Å². The number of fused-ring (bicyclic) bond motifs is 1. The first-order valence-corrected chi connectivity index (χ1v) is 12.3. The van der Waals surface area contributed by atoms with Crippen LogP contribution in [0.3, 0.4) is 0 Å². The molecular weight excluding hydrogens is 404 g/mol. The van der Waals surface area contributed by atoms with Crippen molar-refractivity contribution in [2.75, 3.05) is 17.8 Å². The van der Waals surface area contributed by atoms with E-state index in [0.29, 0.717) is 6.04 Å². The van der Waals surface area contributed by atoms with Crippen LogP contribution in [0.5, 0.6) is 0 Å². The zero-order chi connectivity index (χ0) is 19.5. The smallest absolute Gasteiger partial charge is 0.177 e. The van der Waals surface area contributed by atoms with Gasteiger partial charge in [-0.05, 0) is 25.7 Å². The Morgan fingerprint density at radius 2 is 2.00 bits per heavy atom. The van der Waals surface area contributed by atoms with Crippen LogP contribution in [0.15, 0.2) is 12.5 Å². The quantitative estimate of drug-likeness (QED) is 0.467. The van der Waals surface area contributed by atoms with Crippen LogP contribution in [-0.4, -0.2) is 59.1 Å². The predicted molar refractivity (Wildman–Crippen MR) is 106 cm³/mol. The molecule has 0 spiro atoms. The molecule has 0 radical (unpaired) electrons. The molecule has 12 heteroatoms. The largest absolute Gasteiger partial charge is 0.367 e. The lowest BCUT2D eigenvalue weighted by Crippen LogP contribution is -2.17. The summed E-state index contributed by atoms with van der Waals surface area (Å²) in [5.74, 6) is 0.689. The average Bonchev–Trinajstić information content (AvgIpc) is 3.40. The second kappa shape index (κ2) is 9.22. The molecule has 28 heavy (non-hydrogen) atoms. The van der Waals surface area contributed by atoms with Gasteiger partial charge >= 0.3 is 0 Å². The van der Waals surface area contributed by atoms with Crippen molar-refractivity contribution < 1.29 is 23.9 Å². The Kier molecular flexibility index (Phi) is 6.68. The fourth-order valence-corrected chi connectivity index (χ4v) is 5.29. The summed E-state index contributed by atoms with van der Waals surface area (Å²) in [5.41, 5.74) is 0.734. The molecule has 0 aromatic carbocycles. The molecular formula is C16H25N5O5P2. The lowest BCUT2D eigenvalue weighted by molar-refractivity contribution is -0.0213. The molecule has 3 heterocycles. The topological polar surface area (TPSA) is 135 Å². The van der Waals surface area contributed by atoms with Crippen LogP contribution < -0.4 is 5.32 Å². The van der Waals surface area contributed by atoms with Gasteiger partial charge in [0.25, 0.3) is 0 Å². The molecule has 1 aliphatic heterocycles. The van der Waals surface area contributed by atoms with Crippen molar-refractivity contribution in [3.8, 4) is 0 Å². The third kappa shape index (κ3) is 4.76. The summed E-state index contributed by atoms with van der Waals surface area (Å²) < 4.78 is 13.1. The zero-order valence-corrected chi connectivity index (χ0v) is 17.2. The fourth-order valence-electron chi connectivity index (χ4n) is 3.76. The Morgan fingerprint density at radius 3 is 2.79 bits per heavy atom. The molecule has 3 atom stereocenters. The summed E-state index contributed by atoms with van der Waals surface area (Å²) in [5, 5.41) is 8.88. The van der Waals surface area contributed by atoms with Crippen LogP contribution in [0.4, 0.5) is 5.82 Å². The molecule has 2 aromatic rings. The summed E-state index contributed by atoms with van der Waals surface area (Å²) in [6, 6.07) is 0.456. The lowest BCUT2D eigenvalue weighted by Gasteiger charge is -2.17. The van der Waals surface area contributed by atoms with E-state index in [1.165, 1.54) is 12.8 Å². The molecule has 1 aliphatic carbocycles. The van der Waals surface area contributed by atoms with Crippen molar-refractivity contribution in [2.45, 2.75) is 56.9 Å². The van der Waals surface area contributed by atoms with Gasteiger partial charge in [0.05, 0.1) is 30.2 Å². The van der Waals surface area contributed by atoms with Crippen LogP contribution in [0.25, 0.3) is 11.0 Å². The molecule has 1 saturated carbocycles. The van der Waals surface area contributed by atoms with Gasteiger partial charge in [-0.25, -0.2) is 14.6 Å². The summed E-state index contributed by atoms with van der Waals surface area (Å²) in [6.45, 7) is 0.213. The van der Waals surface area contributed by atoms with Gasteiger partial charge in [-0.2, -0.15) is 5.10 Å². The maximum atomic E-state index is 9.66. The standard InChI is InChI=1S/C16H25N5O5P2/c22-27(23)10-28(24)25-8-12-5-6-14(26-12)21-16-13(7-19-21)15(17-9-18-16)20-11-3-1-2-4-11/h7,9,11-12,14,22-24H,1-6,8,10H2,(H,17,18,20). The first-order valence-electron chi connectivity index (χ1n) is 9.45. The highest BCUT2D eigenvalue weighted by atomic mass is 31.2. The molecule has 0 amide bonds. The number of anilines is 1. The number of aromatic nitrogens is 4. The first-order chi connectivity index (χ1) is 13.6. The van der Waals surface area contributed by atoms with Crippen LogP contribution in [0.1, 0.15) is 44.8 Å². The van der Waals surface area contributed by atoms with Gasteiger partial charge in [0, 0.05) is 6.04 Å². The van der Waals surface area contributed by atoms with E-state index in [4.69, 9.17) is 19.0 Å². The highest BCUT2D eigenvalue weighted by Gasteiger charge is 2.30. The van der Waals surface area contributed by atoms with Crippen molar-refractivity contribution in [1.29, 1.82) is 0 Å². The third-order valence-electron chi connectivity index (χ3n) is 5.10. The lowest BCUT2D eigenvalue weighted by atomic mass is 10.2. The Morgan fingerprint density at radius 1 is 1.18 bits per heavy atom. The van der Waals surface area contributed by atoms with E-state index in [0.717, 1.165) is 42.5 Å². The van der Waals surface area contributed by atoms with E-state index in [1.807, 2.05) is 0 Å². The number of rotatable bonds is 8. The van der Waals surface area contributed by atoms with Gasteiger partial charge < -0.3 is 29.3 Å². The van der Waals surface area contributed by atoms with Crippen LogP contribution in [-0.2, 0) is 9.26 Å². The van der Waals surface area contributed by atoms with Gasteiger partial charge in [0.2, 0.25) is 0 Å². The fraction of sp³-hybridized carbons (Fsp3) is 0.688. The molecule has 4 rings (SSSR count). The van der Waals surface area contributed by atoms with Crippen molar-refractivity contribution >= 4 is 33.6 Å². The Bertz CT molecular complexity index is 788. The van der Waals surface area contributed by atoms with Gasteiger partial charge in [-0.3, -0.25) is 0 Å². The monoisotopic (exact) mass is 429 g/mol. The molecule has 4 N–H and O–H groups in total. The number of ether oxygens (including phenoxy) is 1. The summed E-state index contributed by atoms with van der Waals surface area (Å²) in [7, 11) is -3.99. The molecule has 1 saturated heterocycles. The summed E-state index contributed by atoms with van der Waals surface area (Å²) >= 11 is 0. The van der Waals surface area contributed by atoms with E-state index in [-0.39, 0.29) is 24.8 Å². The van der Waals surface area contributed by atoms with E-state index >= 15 is 0 Å². The molecule has 154 valence electrons. The Balaban J connectivity index is 1.39. The third-order valence-corrected chi connectivity index (χ3v) is 7.53. The van der Waals surface area contributed by atoms with Crippen LogP contribution in [0.2, 0.25) is 0 Å². The Hall–Kier alpha value is -0.990. The summed E-state index contributed by atoms with van der Waals surface area (Å²) in [4.78, 5) is 36.3. The SMILES string of the molecule is OP(O)CP(O)OCC1CCC(n2ncc3c(NC4CCCC4)ncnc32)O1.